The van der Waals surface area contributed by atoms with Crippen LogP contribution in [-0.2, 0) is 17.6 Å². The van der Waals surface area contributed by atoms with Crippen molar-refractivity contribution in [1.82, 2.24) is 5.32 Å². The Balaban J connectivity index is 2.29. The van der Waals surface area contributed by atoms with Gasteiger partial charge in [0.2, 0.25) is 0 Å². The van der Waals surface area contributed by atoms with E-state index in [9.17, 15) is 9.90 Å². The van der Waals surface area contributed by atoms with E-state index in [0.717, 1.165) is 36.5 Å². The first-order chi connectivity index (χ1) is 10.4. The topological polar surface area (TPSA) is 58.6 Å². The highest BCUT2D eigenvalue weighted by Crippen LogP contribution is 2.41. The van der Waals surface area contributed by atoms with E-state index >= 15 is 0 Å². The summed E-state index contributed by atoms with van der Waals surface area (Å²) in [4.78, 5) is 12.3. The summed E-state index contributed by atoms with van der Waals surface area (Å²) in [5, 5.41) is 12.8. The van der Waals surface area contributed by atoms with Crippen molar-refractivity contribution < 1.29 is 14.6 Å². The first kappa shape index (κ1) is 17.2. The Morgan fingerprint density at radius 1 is 1.45 bits per heavy atom. The van der Waals surface area contributed by atoms with Crippen LogP contribution in [0.1, 0.15) is 38.3 Å². The summed E-state index contributed by atoms with van der Waals surface area (Å²) < 4.78 is 4.63. The maximum absolute atomic E-state index is 11.4. The van der Waals surface area contributed by atoms with E-state index in [1.165, 1.54) is 22.9 Å². The van der Waals surface area contributed by atoms with Crippen molar-refractivity contribution >= 4 is 17.7 Å². The second kappa shape index (κ2) is 6.92. The Bertz CT molecular complexity index is 557. The van der Waals surface area contributed by atoms with Crippen molar-refractivity contribution in [1.29, 1.82) is 0 Å². The molecule has 0 aliphatic heterocycles. The van der Waals surface area contributed by atoms with E-state index < -0.39 is 10.7 Å². The van der Waals surface area contributed by atoms with Crippen molar-refractivity contribution in [2.24, 2.45) is 0 Å². The number of thioether (sulfide) groups is 1. The number of carboxylic acids is 1. The highest BCUT2D eigenvalue weighted by atomic mass is 32.2. The third kappa shape index (κ3) is 3.76. The van der Waals surface area contributed by atoms with Crippen LogP contribution in [0.15, 0.2) is 17.0 Å². The van der Waals surface area contributed by atoms with Gasteiger partial charge in [0.15, 0.2) is 0 Å². The number of hydrogen-bond donors (Lipinski definition) is 2. The lowest BCUT2D eigenvalue weighted by atomic mass is 9.88. The van der Waals surface area contributed by atoms with Gasteiger partial charge in [-0.05, 0) is 62.9 Å². The van der Waals surface area contributed by atoms with Gasteiger partial charge >= 0.3 is 5.97 Å². The van der Waals surface area contributed by atoms with Gasteiger partial charge in [-0.1, -0.05) is 6.92 Å². The molecule has 0 saturated heterocycles. The van der Waals surface area contributed by atoms with Crippen LogP contribution in [0.2, 0.25) is 0 Å². The Kier molecular flexibility index (Phi) is 5.40. The number of methoxy groups -OCH3 is 1. The van der Waals surface area contributed by atoms with Crippen molar-refractivity contribution in [2.45, 2.75) is 55.7 Å². The van der Waals surface area contributed by atoms with Gasteiger partial charge in [-0.15, -0.1) is 11.8 Å². The second-order valence-corrected chi connectivity index (χ2v) is 7.85. The second-order valence-electron chi connectivity index (χ2n) is 6.19. The summed E-state index contributed by atoms with van der Waals surface area (Å²) in [7, 11) is 1.64. The van der Waals surface area contributed by atoms with Gasteiger partial charge in [-0.25, -0.2) is 0 Å². The molecule has 2 N–H and O–H groups in total. The van der Waals surface area contributed by atoms with Crippen LogP contribution in [0.25, 0.3) is 0 Å². The molecule has 4 nitrogen and oxygen atoms in total. The molecule has 1 aromatic carbocycles. The molecule has 2 rings (SSSR count). The lowest BCUT2D eigenvalue weighted by Crippen LogP contribution is -2.34. The first-order valence-corrected chi connectivity index (χ1v) is 8.54. The molecule has 0 spiro atoms. The Labute approximate surface area is 136 Å². The summed E-state index contributed by atoms with van der Waals surface area (Å²) >= 11 is 1.35. The molecule has 0 aromatic heterocycles. The van der Waals surface area contributed by atoms with Gasteiger partial charge in [0.1, 0.15) is 10.5 Å². The summed E-state index contributed by atoms with van der Waals surface area (Å²) in [5.41, 5.74) is 2.63. The number of fused-ring (bicyclic) bond motifs is 1. The van der Waals surface area contributed by atoms with Gasteiger partial charge in [0, 0.05) is 6.04 Å². The molecule has 1 aromatic rings. The van der Waals surface area contributed by atoms with E-state index in [2.05, 4.69) is 24.4 Å². The molecule has 0 bridgehead atoms. The summed E-state index contributed by atoms with van der Waals surface area (Å²) in [6.07, 6.45) is 3.16. The Hall–Kier alpha value is -1.20. The standard InChI is InChI=1S/C17H25NO3S/c1-5-18-13-7-6-11-10-15(22-17(2,3)16(19)20)14(21-4)9-12(11)8-13/h9-10,13,18H,5-8H2,1-4H3,(H,19,20). The fourth-order valence-electron chi connectivity index (χ4n) is 2.78. The summed E-state index contributed by atoms with van der Waals surface area (Å²) in [5.74, 6) is -0.0419. The van der Waals surface area contributed by atoms with Gasteiger partial charge in [0.25, 0.3) is 0 Å². The predicted molar refractivity (Wildman–Crippen MR) is 90.1 cm³/mol. The van der Waals surface area contributed by atoms with Gasteiger partial charge in [-0.3, -0.25) is 4.79 Å². The number of carbonyl (C=O) groups is 1. The summed E-state index contributed by atoms with van der Waals surface area (Å²) in [6.45, 7) is 6.56. The van der Waals surface area contributed by atoms with E-state index in [4.69, 9.17) is 4.74 Å². The summed E-state index contributed by atoms with van der Waals surface area (Å²) in [6, 6.07) is 4.72. The SMILES string of the molecule is CCNC1CCc2cc(SC(C)(C)C(=O)O)c(OC)cc2C1. The van der Waals surface area contributed by atoms with E-state index in [0.29, 0.717) is 6.04 Å². The molecule has 122 valence electrons. The zero-order valence-corrected chi connectivity index (χ0v) is 14.5. The third-order valence-corrected chi connectivity index (χ3v) is 5.31. The van der Waals surface area contributed by atoms with Crippen LogP contribution in [0.5, 0.6) is 5.75 Å². The van der Waals surface area contributed by atoms with Crippen LogP contribution in [0.3, 0.4) is 0 Å². The fourth-order valence-corrected chi connectivity index (χ4v) is 3.87. The Morgan fingerprint density at radius 2 is 2.18 bits per heavy atom. The van der Waals surface area contributed by atoms with Crippen LogP contribution < -0.4 is 10.1 Å². The molecule has 0 radical (unpaired) electrons. The number of rotatable bonds is 6. The predicted octanol–water partition coefficient (Wildman–Crippen LogP) is 3.12. The molecule has 1 aliphatic rings. The average molecular weight is 323 g/mol. The number of likely N-dealkylation sites (N-methyl/N-ethyl adjacent to an activating group) is 1. The van der Waals surface area contributed by atoms with Crippen molar-refractivity contribution in [2.75, 3.05) is 13.7 Å². The molecule has 1 unspecified atom stereocenters. The van der Waals surface area contributed by atoms with Crippen LogP contribution in [-0.4, -0.2) is 35.5 Å². The zero-order valence-electron chi connectivity index (χ0n) is 13.7. The molecule has 0 heterocycles. The average Bonchev–Trinajstić information content (AvgIpc) is 2.46. The monoisotopic (exact) mass is 323 g/mol. The minimum absolute atomic E-state index is 0.524. The molecular weight excluding hydrogens is 298 g/mol. The smallest absolute Gasteiger partial charge is 0.319 e. The minimum Gasteiger partial charge on any atom is -0.496 e. The molecule has 1 atom stereocenters. The molecule has 0 saturated carbocycles. The van der Waals surface area contributed by atoms with Crippen molar-refractivity contribution in [3.63, 3.8) is 0 Å². The van der Waals surface area contributed by atoms with E-state index in [1.54, 1.807) is 21.0 Å². The van der Waals surface area contributed by atoms with Gasteiger partial charge in [-0.2, -0.15) is 0 Å². The number of hydrogen-bond acceptors (Lipinski definition) is 4. The minimum atomic E-state index is -0.873. The fraction of sp³-hybridized carbons (Fsp3) is 0.588. The number of ether oxygens (including phenoxy) is 1. The third-order valence-electron chi connectivity index (χ3n) is 4.09. The number of aryl methyl sites for hydroxylation is 1. The largest absolute Gasteiger partial charge is 0.496 e. The molecule has 1 aliphatic carbocycles. The lowest BCUT2D eigenvalue weighted by molar-refractivity contribution is -0.138. The maximum atomic E-state index is 11.4. The molecule has 0 fully saturated rings. The quantitative estimate of drug-likeness (QED) is 0.788. The van der Waals surface area contributed by atoms with Gasteiger partial charge in [0.05, 0.1) is 12.0 Å². The van der Waals surface area contributed by atoms with Crippen LogP contribution >= 0.6 is 11.8 Å². The number of benzene rings is 1. The molecular formula is C17H25NO3S. The highest BCUT2D eigenvalue weighted by molar-refractivity contribution is 8.01. The van der Waals surface area contributed by atoms with Gasteiger partial charge < -0.3 is 15.2 Å². The number of aliphatic carboxylic acids is 1. The normalized spacial score (nSPS) is 17.9. The molecule has 22 heavy (non-hydrogen) atoms. The molecule has 5 heteroatoms. The van der Waals surface area contributed by atoms with Crippen molar-refractivity contribution in [3.05, 3.63) is 23.3 Å². The number of nitrogens with one attached hydrogen (secondary N) is 1. The van der Waals surface area contributed by atoms with E-state index in [-0.39, 0.29) is 0 Å². The lowest BCUT2D eigenvalue weighted by Gasteiger charge is -2.27. The maximum Gasteiger partial charge on any atom is 0.319 e. The first-order valence-electron chi connectivity index (χ1n) is 7.73. The Morgan fingerprint density at radius 3 is 2.77 bits per heavy atom. The highest BCUT2D eigenvalue weighted by Gasteiger charge is 2.30. The van der Waals surface area contributed by atoms with Crippen LogP contribution in [0, 0.1) is 0 Å². The number of carboxylic acid groups (broad SMARTS) is 1. The van der Waals surface area contributed by atoms with Crippen molar-refractivity contribution in [3.8, 4) is 5.75 Å². The van der Waals surface area contributed by atoms with Crippen LogP contribution in [0.4, 0.5) is 0 Å². The molecule has 0 amide bonds. The van der Waals surface area contributed by atoms with E-state index in [1.807, 2.05) is 0 Å². The zero-order chi connectivity index (χ0) is 16.3.